The first kappa shape index (κ1) is 20.2. The van der Waals surface area contributed by atoms with Crippen LogP contribution in [-0.2, 0) is 9.53 Å². The van der Waals surface area contributed by atoms with Crippen LogP contribution in [0, 0.1) is 12.8 Å². The van der Waals surface area contributed by atoms with Crippen molar-refractivity contribution in [3.63, 3.8) is 0 Å². The van der Waals surface area contributed by atoms with Crippen LogP contribution in [0.15, 0.2) is 36.0 Å². The lowest BCUT2D eigenvalue weighted by molar-refractivity contribution is -0.149. The Balaban J connectivity index is 1.66. The van der Waals surface area contributed by atoms with Crippen LogP contribution < -0.4 is 0 Å². The topological polar surface area (TPSA) is 90.2 Å². The Hall–Kier alpha value is -3.07. The number of aryl methyl sites for hydroxylation is 1. The van der Waals surface area contributed by atoms with E-state index in [2.05, 4.69) is 27.0 Å². The molecule has 1 saturated heterocycles. The molecule has 3 aromatic rings. The van der Waals surface area contributed by atoms with Crippen LogP contribution in [-0.4, -0.2) is 56.7 Å². The first-order chi connectivity index (χ1) is 14.5. The highest BCUT2D eigenvalue weighted by molar-refractivity contribution is 7.13. The molecule has 1 aliphatic rings. The third-order valence-corrected chi connectivity index (χ3v) is 6.22. The Labute approximate surface area is 178 Å². The van der Waals surface area contributed by atoms with Gasteiger partial charge in [0.05, 0.1) is 18.2 Å². The molecule has 1 aromatic carbocycles. The van der Waals surface area contributed by atoms with E-state index in [-0.39, 0.29) is 17.8 Å². The second-order valence-electron chi connectivity index (χ2n) is 7.35. The highest BCUT2D eigenvalue weighted by atomic mass is 32.1. The summed E-state index contributed by atoms with van der Waals surface area (Å²) in [6.45, 7) is 5.18. The van der Waals surface area contributed by atoms with Crippen LogP contribution in [0.1, 0.15) is 35.7 Å². The summed E-state index contributed by atoms with van der Waals surface area (Å²) in [5.41, 5.74) is 3.37. The molecular weight excluding hydrogens is 402 g/mol. The number of piperidine rings is 1. The van der Waals surface area contributed by atoms with Gasteiger partial charge in [-0.25, -0.2) is 4.68 Å². The van der Waals surface area contributed by atoms with Crippen LogP contribution >= 0.6 is 11.3 Å². The van der Waals surface area contributed by atoms with Crippen molar-refractivity contribution in [2.24, 2.45) is 5.92 Å². The molecule has 0 spiro atoms. The van der Waals surface area contributed by atoms with Crippen molar-refractivity contribution in [3.05, 3.63) is 47.1 Å². The number of ether oxygens (including phenoxy) is 1. The van der Waals surface area contributed by atoms with Crippen molar-refractivity contribution in [2.75, 3.05) is 19.7 Å². The molecular formula is C21H23N5O3S. The normalized spacial score (nSPS) is 16.5. The van der Waals surface area contributed by atoms with E-state index in [4.69, 9.17) is 4.74 Å². The van der Waals surface area contributed by atoms with E-state index >= 15 is 0 Å². The van der Waals surface area contributed by atoms with E-state index < -0.39 is 0 Å². The molecule has 30 heavy (non-hydrogen) atoms. The van der Waals surface area contributed by atoms with Crippen LogP contribution in [0.5, 0.6) is 0 Å². The minimum atomic E-state index is -0.273. The number of benzene rings is 1. The Morgan fingerprint density at radius 2 is 2.13 bits per heavy atom. The Morgan fingerprint density at radius 1 is 1.27 bits per heavy atom. The highest BCUT2D eigenvalue weighted by Crippen LogP contribution is 2.30. The largest absolute Gasteiger partial charge is 0.466 e. The van der Waals surface area contributed by atoms with E-state index in [0.29, 0.717) is 30.9 Å². The SMILES string of the molecule is CCOC(=O)[C@@H]1CCCN(C(=O)c2cc(-c3cc(C)cs3)cc(-n3cnnn3)c2)C1. The summed E-state index contributed by atoms with van der Waals surface area (Å²) in [5, 5.41) is 13.5. The summed E-state index contributed by atoms with van der Waals surface area (Å²) in [7, 11) is 0. The maximum atomic E-state index is 13.4. The number of nitrogens with zero attached hydrogens (tertiary/aromatic N) is 5. The highest BCUT2D eigenvalue weighted by Gasteiger charge is 2.30. The smallest absolute Gasteiger partial charge is 0.310 e. The third-order valence-electron chi connectivity index (χ3n) is 5.12. The first-order valence-electron chi connectivity index (χ1n) is 9.95. The minimum Gasteiger partial charge on any atom is -0.466 e. The molecule has 0 unspecified atom stereocenters. The van der Waals surface area contributed by atoms with Crippen molar-refractivity contribution in [1.29, 1.82) is 0 Å². The molecule has 0 saturated carbocycles. The zero-order chi connectivity index (χ0) is 21.1. The summed E-state index contributed by atoms with van der Waals surface area (Å²) in [6, 6.07) is 7.75. The number of amides is 1. The van der Waals surface area contributed by atoms with Crippen LogP contribution in [0.4, 0.5) is 0 Å². The maximum Gasteiger partial charge on any atom is 0.310 e. The standard InChI is InChI=1S/C21H23N5O3S/c1-3-29-21(28)15-5-4-6-25(11-15)20(27)17-8-16(19-7-14(2)12-30-19)9-18(10-17)26-13-22-23-24-26/h7-10,12-13,15H,3-6,11H2,1-2H3/t15-/m1/s1. The van der Waals surface area contributed by atoms with Gasteiger partial charge in [-0.15, -0.1) is 16.4 Å². The quantitative estimate of drug-likeness (QED) is 0.584. The van der Waals surface area contributed by atoms with Crippen molar-refractivity contribution < 1.29 is 14.3 Å². The fourth-order valence-corrected chi connectivity index (χ4v) is 4.56. The number of hydrogen-bond donors (Lipinski definition) is 0. The molecule has 8 nitrogen and oxygen atoms in total. The van der Waals surface area contributed by atoms with Gasteiger partial charge in [0, 0.05) is 23.5 Å². The number of carbonyl (C=O) groups is 2. The molecule has 4 rings (SSSR count). The molecule has 3 heterocycles. The van der Waals surface area contributed by atoms with Gasteiger partial charge in [0.2, 0.25) is 0 Å². The zero-order valence-corrected chi connectivity index (χ0v) is 17.8. The molecule has 1 atom stereocenters. The van der Waals surface area contributed by atoms with Crippen molar-refractivity contribution in [3.8, 4) is 16.1 Å². The van der Waals surface area contributed by atoms with Gasteiger partial charge in [0.25, 0.3) is 5.91 Å². The van der Waals surface area contributed by atoms with Crippen LogP contribution in [0.25, 0.3) is 16.1 Å². The van der Waals surface area contributed by atoms with Gasteiger partial charge in [-0.3, -0.25) is 9.59 Å². The van der Waals surface area contributed by atoms with Gasteiger partial charge in [0.1, 0.15) is 6.33 Å². The number of likely N-dealkylation sites (tertiary alicyclic amines) is 1. The Bertz CT molecular complexity index is 1050. The van der Waals surface area contributed by atoms with Gasteiger partial charge in [-0.1, -0.05) is 0 Å². The minimum absolute atomic E-state index is 0.103. The van der Waals surface area contributed by atoms with E-state index in [9.17, 15) is 9.59 Å². The number of carbonyl (C=O) groups excluding carboxylic acids is 2. The van der Waals surface area contributed by atoms with Gasteiger partial charge in [-0.05, 0) is 77.9 Å². The molecule has 0 bridgehead atoms. The number of hydrogen-bond acceptors (Lipinski definition) is 7. The van der Waals surface area contributed by atoms with Gasteiger partial charge >= 0.3 is 5.97 Å². The van der Waals surface area contributed by atoms with Crippen molar-refractivity contribution in [2.45, 2.75) is 26.7 Å². The van der Waals surface area contributed by atoms with E-state index in [0.717, 1.165) is 23.3 Å². The van der Waals surface area contributed by atoms with E-state index in [1.54, 1.807) is 33.9 Å². The Morgan fingerprint density at radius 3 is 2.83 bits per heavy atom. The van der Waals surface area contributed by atoms with Crippen molar-refractivity contribution >= 4 is 23.2 Å². The average molecular weight is 426 g/mol. The molecule has 9 heteroatoms. The van der Waals surface area contributed by atoms with Crippen LogP contribution in [0.3, 0.4) is 0 Å². The second-order valence-corrected chi connectivity index (χ2v) is 8.26. The second kappa shape index (κ2) is 8.74. The first-order valence-corrected chi connectivity index (χ1v) is 10.8. The monoisotopic (exact) mass is 425 g/mol. The predicted octanol–water partition coefficient (Wildman–Crippen LogP) is 3.11. The molecule has 2 aromatic heterocycles. The average Bonchev–Trinajstić information content (AvgIpc) is 3.45. The lowest BCUT2D eigenvalue weighted by Gasteiger charge is -2.31. The maximum absolute atomic E-state index is 13.4. The fraction of sp³-hybridized carbons (Fsp3) is 0.381. The zero-order valence-electron chi connectivity index (χ0n) is 16.9. The summed E-state index contributed by atoms with van der Waals surface area (Å²) in [4.78, 5) is 28.3. The van der Waals surface area contributed by atoms with Gasteiger partial charge in [0.15, 0.2) is 0 Å². The molecule has 1 fully saturated rings. The number of rotatable bonds is 5. The predicted molar refractivity (Wildman–Crippen MR) is 112 cm³/mol. The van der Waals surface area contributed by atoms with Gasteiger partial charge in [-0.2, -0.15) is 0 Å². The van der Waals surface area contributed by atoms with Crippen molar-refractivity contribution in [1.82, 2.24) is 25.1 Å². The Kier molecular flexibility index (Phi) is 5.89. The number of aromatic nitrogens is 4. The number of esters is 1. The van der Waals surface area contributed by atoms with Crippen LogP contribution in [0.2, 0.25) is 0 Å². The fourth-order valence-electron chi connectivity index (χ4n) is 3.67. The summed E-state index contributed by atoms with van der Waals surface area (Å²) >= 11 is 1.63. The lowest BCUT2D eigenvalue weighted by atomic mass is 9.97. The molecule has 1 aliphatic heterocycles. The number of tetrazole rings is 1. The molecule has 0 radical (unpaired) electrons. The third kappa shape index (κ3) is 4.25. The van der Waals surface area contributed by atoms with E-state index in [1.165, 1.54) is 11.9 Å². The molecule has 0 N–H and O–H groups in total. The molecule has 0 aliphatic carbocycles. The number of thiophene rings is 1. The van der Waals surface area contributed by atoms with Gasteiger partial charge < -0.3 is 9.64 Å². The van der Waals surface area contributed by atoms with E-state index in [1.807, 2.05) is 19.1 Å². The lowest BCUT2D eigenvalue weighted by Crippen LogP contribution is -2.42. The molecule has 156 valence electrons. The summed E-state index contributed by atoms with van der Waals surface area (Å²) in [6.07, 6.45) is 3.02. The molecule has 1 amide bonds. The summed E-state index contributed by atoms with van der Waals surface area (Å²) in [5.74, 6) is -0.606. The summed E-state index contributed by atoms with van der Waals surface area (Å²) < 4.78 is 6.70.